The number of aromatic amines is 1. The van der Waals surface area contributed by atoms with Gasteiger partial charge in [-0.05, 0) is 123 Å². The number of hydrogen-bond donors (Lipinski definition) is 4. The number of anilines is 2. The lowest BCUT2D eigenvalue weighted by molar-refractivity contribution is -0.384. The molecule has 0 unspecified atom stereocenters. The predicted molar refractivity (Wildman–Crippen MR) is 293 cm³/mol. The standard InChI is InChI=1S/C58H68N8O10S/c1-37(2)45-8-5-6-9-46(45)50-34-63(33-39-24-52(73-4)54-53(25-39)74-22-7-23-75-54)20-21-65(50)42-29-58(30-42)35-64(36-58)41-10-12-47(51(27-41)76-43-26-40-16-19-59-55(40)61-32-43)56(67)62-77(71,72)44-11-13-48(49(28-44)66(69)70)60-31-38-14-17-57(3,68)18-15-38/h5-6,8-13,16,19,24-28,32,37-38,42,50,60,68H,7,14-15,17-18,20-23,29-31,33-36H2,1-4H3,(H,59,61)(H,62,67)/t38?,50-,57?/m0/s1. The Balaban J connectivity index is 0.788. The number of sulfonamides is 1. The summed E-state index contributed by atoms with van der Waals surface area (Å²) in [5.74, 6) is 2.19. The van der Waals surface area contributed by atoms with E-state index in [1.165, 1.54) is 29.5 Å². The molecule has 2 saturated heterocycles. The first-order chi connectivity index (χ1) is 37.0. The number of aromatic nitrogens is 2. The zero-order chi connectivity index (χ0) is 53.6. The third-order valence-corrected chi connectivity index (χ3v) is 17.8. The fourth-order valence-electron chi connectivity index (χ4n) is 12.3. The number of aliphatic hydroxyl groups is 1. The molecule has 5 heterocycles. The van der Waals surface area contributed by atoms with Crippen molar-refractivity contribution in [1.29, 1.82) is 0 Å². The van der Waals surface area contributed by atoms with Crippen molar-refractivity contribution in [2.45, 2.75) is 101 Å². The minimum atomic E-state index is -4.60. The normalized spacial score (nSPS) is 21.8. The van der Waals surface area contributed by atoms with Gasteiger partial charge in [-0.2, -0.15) is 0 Å². The number of methoxy groups -OCH3 is 1. The highest BCUT2D eigenvalue weighted by molar-refractivity contribution is 7.90. The Hall–Kier alpha value is -6.93. The van der Waals surface area contributed by atoms with Crippen molar-refractivity contribution < 1.29 is 42.2 Å². The molecule has 6 aromatic rings. The van der Waals surface area contributed by atoms with Gasteiger partial charge in [-0.15, -0.1) is 0 Å². The Bertz CT molecular complexity index is 3290. The summed E-state index contributed by atoms with van der Waals surface area (Å²) in [6, 6.07) is 26.0. The topological polar surface area (TPSA) is 214 Å². The third kappa shape index (κ3) is 11.0. The molecule has 1 spiro atoms. The lowest BCUT2D eigenvalue weighted by Crippen LogP contribution is -2.68. The second-order valence-corrected chi connectivity index (χ2v) is 24.1. The van der Waals surface area contributed by atoms with Gasteiger partial charge in [-0.3, -0.25) is 24.7 Å². The number of nitrogens with zero attached hydrogens (tertiary/aromatic N) is 5. The number of carbonyl (C=O) groups excluding carboxylic acids is 1. The number of benzene rings is 4. The highest BCUT2D eigenvalue weighted by Crippen LogP contribution is 2.54. The third-order valence-electron chi connectivity index (χ3n) is 16.5. The van der Waals surface area contributed by atoms with Crippen LogP contribution in [0.3, 0.4) is 0 Å². The zero-order valence-electron chi connectivity index (χ0n) is 44.1. The molecule has 1 amide bonds. The smallest absolute Gasteiger partial charge is 0.293 e. The number of nitrogens with one attached hydrogen (secondary N) is 3. The quantitative estimate of drug-likeness (QED) is 0.0525. The molecule has 2 saturated carbocycles. The summed E-state index contributed by atoms with van der Waals surface area (Å²) < 4.78 is 54.2. The summed E-state index contributed by atoms with van der Waals surface area (Å²) in [6.45, 7) is 13.1. The second-order valence-electron chi connectivity index (χ2n) is 22.4. The second kappa shape index (κ2) is 21.1. The minimum Gasteiger partial charge on any atom is -0.493 e. The van der Waals surface area contributed by atoms with Crippen LogP contribution in [0.15, 0.2) is 102 Å². The van der Waals surface area contributed by atoms with Gasteiger partial charge in [0.15, 0.2) is 11.5 Å². The maximum absolute atomic E-state index is 14.1. The van der Waals surface area contributed by atoms with Crippen molar-refractivity contribution in [2.75, 3.05) is 69.8 Å². The lowest BCUT2D eigenvalue weighted by atomic mass is 9.59. The first-order valence-electron chi connectivity index (χ1n) is 26.9. The number of hydrogen-bond acceptors (Lipinski definition) is 15. The fraction of sp³-hybridized carbons (Fsp3) is 0.448. The van der Waals surface area contributed by atoms with Gasteiger partial charge < -0.3 is 39.3 Å². The van der Waals surface area contributed by atoms with E-state index in [0.29, 0.717) is 67.5 Å². The predicted octanol–water partition coefficient (Wildman–Crippen LogP) is 9.56. The molecule has 2 aliphatic carbocycles. The molecule has 4 N–H and O–H groups in total. The van der Waals surface area contributed by atoms with E-state index in [0.717, 1.165) is 99.8 Å². The van der Waals surface area contributed by atoms with E-state index in [1.54, 1.807) is 37.6 Å². The average molecular weight is 1070 g/mol. The largest absolute Gasteiger partial charge is 0.493 e. The molecular formula is C58H68N8O10S. The fourth-order valence-corrected chi connectivity index (χ4v) is 13.3. The molecule has 77 heavy (non-hydrogen) atoms. The Morgan fingerprint density at radius 2 is 1.78 bits per heavy atom. The molecule has 3 aliphatic heterocycles. The van der Waals surface area contributed by atoms with Crippen molar-refractivity contribution in [3.05, 3.63) is 130 Å². The first kappa shape index (κ1) is 52.1. The van der Waals surface area contributed by atoms with Gasteiger partial charge in [0.25, 0.3) is 21.6 Å². The lowest BCUT2D eigenvalue weighted by Gasteiger charge is -2.63. The maximum atomic E-state index is 14.1. The summed E-state index contributed by atoms with van der Waals surface area (Å²) in [5, 5.41) is 26.5. The summed E-state index contributed by atoms with van der Waals surface area (Å²) in [6.07, 6.45) is 8.99. The number of nitro benzene ring substituents is 1. The number of nitro groups is 1. The highest BCUT2D eigenvalue weighted by Gasteiger charge is 2.55. The summed E-state index contributed by atoms with van der Waals surface area (Å²) in [7, 11) is -2.92. The van der Waals surface area contributed by atoms with Crippen molar-refractivity contribution in [3.8, 4) is 28.7 Å². The summed E-state index contributed by atoms with van der Waals surface area (Å²) in [4.78, 5) is 40.4. The number of fused-ring (bicyclic) bond motifs is 2. The molecule has 4 fully saturated rings. The Labute approximate surface area is 449 Å². The van der Waals surface area contributed by atoms with Crippen LogP contribution in [0.4, 0.5) is 17.1 Å². The summed E-state index contributed by atoms with van der Waals surface area (Å²) in [5.41, 5.74) is 4.44. The van der Waals surface area contributed by atoms with Crippen molar-refractivity contribution in [2.24, 2.45) is 11.3 Å². The molecule has 4 aromatic carbocycles. The van der Waals surface area contributed by atoms with Crippen LogP contribution in [-0.2, 0) is 16.6 Å². The number of rotatable bonds is 16. The molecular weight excluding hydrogens is 1000 g/mol. The molecule has 5 aliphatic rings. The van der Waals surface area contributed by atoms with Crippen LogP contribution in [0.5, 0.6) is 28.7 Å². The average Bonchev–Trinajstić information content (AvgIpc) is 3.77. The van der Waals surface area contributed by atoms with Crippen LogP contribution in [0.2, 0.25) is 0 Å². The number of piperazine rings is 1. The van der Waals surface area contributed by atoms with E-state index in [-0.39, 0.29) is 34.4 Å². The van der Waals surface area contributed by atoms with Gasteiger partial charge in [0, 0.05) is 99.1 Å². The van der Waals surface area contributed by atoms with Crippen LogP contribution >= 0.6 is 0 Å². The number of carbonyl (C=O) groups is 1. The molecule has 1 atom stereocenters. The van der Waals surface area contributed by atoms with E-state index < -0.39 is 37.0 Å². The van der Waals surface area contributed by atoms with E-state index in [1.807, 2.05) is 13.0 Å². The molecule has 19 heteroatoms. The van der Waals surface area contributed by atoms with E-state index >= 15 is 0 Å². The number of pyridine rings is 1. The minimum absolute atomic E-state index is 0.0416. The molecule has 406 valence electrons. The summed E-state index contributed by atoms with van der Waals surface area (Å²) >= 11 is 0. The SMILES string of the molecule is COc1cc(CN2CCN(C3CC4(C3)CN(c3ccc(C(=O)NS(=O)(=O)c5ccc(NCC6CCC(C)(O)CC6)c([N+](=O)[O-])c5)c(Oc5cnc6[nH]ccc6c5)c3)C4)[C@H](c3ccccc3C(C)C)C2)cc2c1OCCCO2. The number of ether oxygens (including phenoxy) is 4. The van der Waals surface area contributed by atoms with E-state index in [9.17, 15) is 28.4 Å². The molecule has 11 rings (SSSR count). The van der Waals surface area contributed by atoms with Crippen molar-refractivity contribution in [1.82, 2.24) is 24.5 Å². The highest BCUT2D eigenvalue weighted by atomic mass is 32.2. The van der Waals surface area contributed by atoms with Crippen LogP contribution in [-0.4, -0.2) is 115 Å². The van der Waals surface area contributed by atoms with Crippen molar-refractivity contribution >= 4 is 44.0 Å². The van der Waals surface area contributed by atoms with Gasteiger partial charge >= 0.3 is 0 Å². The molecule has 0 radical (unpaired) electrons. The number of amides is 1. The Morgan fingerprint density at radius 1 is 0.987 bits per heavy atom. The van der Waals surface area contributed by atoms with Crippen LogP contribution in [0, 0.1) is 21.4 Å². The van der Waals surface area contributed by atoms with Gasteiger partial charge in [-0.1, -0.05) is 38.1 Å². The van der Waals surface area contributed by atoms with E-state index in [4.69, 9.17) is 18.9 Å². The molecule has 18 nitrogen and oxygen atoms in total. The zero-order valence-corrected chi connectivity index (χ0v) is 44.9. The van der Waals surface area contributed by atoms with Crippen LogP contribution in [0.1, 0.15) is 105 Å². The van der Waals surface area contributed by atoms with Gasteiger partial charge in [0.2, 0.25) is 5.75 Å². The van der Waals surface area contributed by atoms with Crippen LogP contribution in [0.25, 0.3) is 11.0 Å². The first-order valence-corrected chi connectivity index (χ1v) is 28.4. The van der Waals surface area contributed by atoms with Gasteiger partial charge in [0.05, 0.1) is 47.5 Å². The molecule has 2 aromatic heterocycles. The van der Waals surface area contributed by atoms with Gasteiger partial charge in [0.1, 0.15) is 22.8 Å². The monoisotopic (exact) mass is 1070 g/mol. The molecule has 0 bridgehead atoms. The Morgan fingerprint density at radius 3 is 2.56 bits per heavy atom. The number of H-pyrrole nitrogens is 1. The Kier molecular flexibility index (Phi) is 14.3. The van der Waals surface area contributed by atoms with Crippen LogP contribution < -0.4 is 33.9 Å². The van der Waals surface area contributed by atoms with E-state index in [2.05, 4.69) is 85.0 Å². The van der Waals surface area contributed by atoms with Gasteiger partial charge in [-0.25, -0.2) is 18.1 Å². The van der Waals surface area contributed by atoms with Crippen molar-refractivity contribution in [3.63, 3.8) is 0 Å². The maximum Gasteiger partial charge on any atom is 0.293 e.